The highest BCUT2D eigenvalue weighted by atomic mass is 79.9. The van der Waals surface area contributed by atoms with Crippen molar-refractivity contribution in [2.24, 2.45) is 11.8 Å². The molecule has 56 valence electrons. The molecule has 0 aromatic heterocycles. The highest BCUT2D eigenvalue weighted by Crippen LogP contribution is 2.71. The second kappa shape index (κ2) is 1.64. The minimum atomic E-state index is 0.260. The van der Waals surface area contributed by atoms with Crippen molar-refractivity contribution in [3.05, 3.63) is 0 Å². The third kappa shape index (κ3) is 0.625. The van der Waals surface area contributed by atoms with Crippen molar-refractivity contribution in [2.75, 3.05) is 0 Å². The molecule has 1 saturated heterocycles. The predicted molar refractivity (Wildman–Crippen MR) is 45.5 cm³/mol. The lowest BCUT2D eigenvalue weighted by Gasteiger charge is -1.99. The van der Waals surface area contributed by atoms with Crippen LogP contribution in [0.25, 0.3) is 0 Å². The Balaban J connectivity index is 1.89. The molecule has 0 bridgehead atoms. The lowest BCUT2D eigenvalue weighted by Crippen LogP contribution is -2.04. The number of hydrogen-bond donors (Lipinski definition) is 0. The van der Waals surface area contributed by atoms with E-state index >= 15 is 0 Å². The van der Waals surface area contributed by atoms with Crippen LogP contribution in [0.1, 0.15) is 12.8 Å². The summed E-state index contributed by atoms with van der Waals surface area (Å²) in [5.41, 5.74) is 0. The van der Waals surface area contributed by atoms with Crippen LogP contribution < -0.4 is 0 Å². The molecule has 2 aliphatic carbocycles. The number of ether oxygens (including phenoxy) is 1. The zero-order valence-corrected chi connectivity index (χ0v) is 8.56. The lowest BCUT2D eigenvalue weighted by molar-refractivity contribution is 0.360. The summed E-state index contributed by atoms with van der Waals surface area (Å²) >= 11 is 7.37. The van der Waals surface area contributed by atoms with Gasteiger partial charge in [-0.25, -0.2) is 0 Å². The van der Waals surface area contributed by atoms with E-state index < -0.39 is 0 Å². The molecule has 2 saturated carbocycles. The molecule has 0 N–H and O–H groups in total. The lowest BCUT2D eigenvalue weighted by atomic mass is 10.0. The van der Waals surface area contributed by atoms with Gasteiger partial charge in [0.15, 0.2) is 0 Å². The van der Waals surface area contributed by atoms with E-state index in [0.29, 0.717) is 12.2 Å². The van der Waals surface area contributed by atoms with Crippen molar-refractivity contribution in [3.8, 4) is 0 Å². The molecule has 1 nitrogen and oxygen atoms in total. The van der Waals surface area contributed by atoms with E-state index in [1.54, 1.807) is 0 Å². The maximum atomic E-state index is 5.51. The molecule has 4 atom stereocenters. The largest absolute Gasteiger partial charge is 0.369 e. The highest BCUT2D eigenvalue weighted by Gasteiger charge is 2.72. The van der Waals surface area contributed by atoms with Crippen molar-refractivity contribution in [1.82, 2.24) is 0 Å². The molecule has 0 aromatic rings. The van der Waals surface area contributed by atoms with Gasteiger partial charge in [0.2, 0.25) is 0 Å². The average molecular weight is 268 g/mol. The molecule has 3 fully saturated rings. The number of halogens is 2. The quantitative estimate of drug-likeness (QED) is 0.485. The molecule has 3 heteroatoms. The number of fused-ring (bicyclic) bond motifs is 3. The third-order valence-corrected chi connectivity index (χ3v) is 5.23. The number of epoxide rings is 1. The summed E-state index contributed by atoms with van der Waals surface area (Å²) in [5, 5.41) is 0. The zero-order valence-electron chi connectivity index (χ0n) is 5.39. The summed E-state index contributed by atoms with van der Waals surface area (Å²) in [7, 11) is 0. The fraction of sp³-hybridized carbons (Fsp3) is 1.00. The van der Waals surface area contributed by atoms with Crippen molar-refractivity contribution >= 4 is 31.9 Å². The smallest absolute Gasteiger partial charge is 0.0895 e. The van der Waals surface area contributed by atoms with Crippen LogP contribution in [0.3, 0.4) is 0 Å². The Morgan fingerprint density at radius 2 is 2.10 bits per heavy atom. The van der Waals surface area contributed by atoms with Gasteiger partial charge in [-0.1, -0.05) is 31.9 Å². The summed E-state index contributed by atoms with van der Waals surface area (Å²) in [6.45, 7) is 0. The van der Waals surface area contributed by atoms with Crippen LogP contribution in [0, 0.1) is 11.8 Å². The second-order valence-corrected chi connectivity index (χ2v) is 7.21. The summed E-state index contributed by atoms with van der Waals surface area (Å²) in [6.07, 6.45) is 3.84. The molecule has 0 unspecified atom stereocenters. The van der Waals surface area contributed by atoms with Gasteiger partial charge in [-0.05, 0) is 18.8 Å². The summed E-state index contributed by atoms with van der Waals surface area (Å²) in [4.78, 5) is 0. The molecule has 0 radical (unpaired) electrons. The van der Waals surface area contributed by atoms with Gasteiger partial charge in [0.25, 0.3) is 0 Å². The molecule has 0 amide bonds. The third-order valence-electron chi connectivity index (χ3n) is 3.00. The molecular formula is C7H8Br2O. The monoisotopic (exact) mass is 266 g/mol. The Kier molecular flexibility index (Phi) is 1.06. The topological polar surface area (TPSA) is 12.5 Å². The zero-order chi connectivity index (χ0) is 6.93. The van der Waals surface area contributed by atoms with Crippen LogP contribution in [0.2, 0.25) is 0 Å². The number of hydrogen-bond acceptors (Lipinski definition) is 1. The minimum Gasteiger partial charge on any atom is -0.369 e. The van der Waals surface area contributed by atoms with E-state index in [2.05, 4.69) is 31.9 Å². The van der Waals surface area contributed by atoms with E-state index in [9.17, 15) is 0 Å². The molecule has 1 heterocycles. The fourth-order valence-electron chi connectivity index (χ4n) is 2.28. The molecular weight excluding hydrogens is 260 g/mol. The second-order valence-electron chi connectivity index (χ2n) is 3.52. The molecule has 1 aliphatic heterocycles. The summed E-state index contributed by atoms with van der Waals surface area (Å²) < 4.78 is 5.77. The van der Waals surface area contributed by atoms with Crippen molar-refractivity contribution in [1.29, 1.82) is 0 Å². The van der Waals surface area contributed by atoms with E-state index in [4.69, 9.17) is 4.74 Å². The number of rotatable bonds is 0. The van der Waals surface area contributed by atoms with Gasteiger partial charge in [-0.15, -0.1) is 0 Å². The van der Waals surface area contributed by atoms with Crippen molar-refractivity contribution in [3.63, 3.8) is 0 Å². The van der Waals surface area contributed by atoms with Crippen molar-refractivity contribution in [2.45, 2.75) is 28.3 Å². The van der Waals surface area contributed by atoms with E-state index in [1.807, 2.05) is 0 Å². The van der Waals surface area contributed by atoms with E-state index in [-0.39, 0.29) is 3.23 Å². The van der Waals surface area contributed by atoms with Crippen molar-refractivity contribution < 1.29 is 4.74 Å². The van der Waals surface area contributed by atoms with Crippen LogP contribution >= 0.6 is 31.9 Å². The fourth-order valence-corrected chi connectivity index (χ4v) is 4.21. The summed E-state index contributed by atoms with van der Waals surface area (Å²) in [5.74, 6) is 1.61. The highest BCUT2D eigenvalue weighted by molar-refractivity contribution is 9.25. The van der Waals surface area contributed by atoms with Crippen LogP contribution in [0.4, 0.5) is 0 Å². The first-order valence-corrected chi connectivity index (χ1v) is 5.33. The Morgan fingerprint density at radius 3 is 2.80 bits per heavy atom. The van der Waals surface area contributed by atoms with E-state index in [0.717, 1.165) is 11.8 Å². The van der Waals surface area contributed by atoms with Crippen LogP contribution in [-0.4, -0.2) is 15.4 Å². The summed E-state index contributed by atoms with van der Waals surface area (Å²) in [6, 6.07) is 0. The Morgan fingerprint density at radius 1 is 1.30 bits per heavy atom. The molecule has 3 aliphatic rings. The normalized spacial score (nSPS) is 60.6. The first kappa shape index (κ1) is 6.44. The molecule has 3 rings (SSSR count). The SMILES string of the molecule is BrC1(Br)[C@@H]2[C@H]3O[C@H]3CC[C@@H]21. The first-order chi connectivity index (χ1) is 4.71. The standard InChI is InChI=1S/C7H8Br2O/c8-7(9)3-1-2-4-6(10-4)5(3)7/h3-6H,1-2H2/t3-,4-,5-,6-/m0/s1. The van der Waals surface area contributed by atoms with Crippen LogP contribution in [0.5, 0.6) is 0 Å². The Hall–Kier alpha value is 0.920. The average Bonchev–Trinajstić information content (AvgIpc) is 2.68. The van der Waals surface area contributed by atoms with Gasteiger partial charge in [0.1, 0.15) is 0 Å². The van der Waals surface area contributed by atoms with Crippen LogP contribution in [0.15, 0.2) is 0 Å². The maximum Gasteiger partial charge on any atom is 0.0895 e. The predicted octanol–water partition coefficient (Wildman–Crippen LogP) is 2.28. The van der Waals surface area contributed by atoms with Gasteiger partial charge in [0.05, 0.1) is 15.4 Å². The van der Waals surface area contributed by atoms with Gasteiger partial charge in [-0.2, -0.15) is 0 Å². The van der Waals surface area contributed by atoms with Gasteiger partial charge >= 0.3 is 0 Å². The van der Waals surface area contributed by atoms with Gasteiger partial charge in [0, 0.05) is 5.92 Å². The Labute approximate surface area is 76.8 Å². The molecule has 0 spiro atoms. The molecule has 10 heavy (non-hydrogen) atoms. The first-order valence-electron chi connectivity index (χ1n) is 3.74. The molecule has 0 aromatic carbocycles. The maximum absolute atomic E-state index is 5.51. The Bertz CT molecular complexity index is 192. The van der Waals surface area contributed by atoms with Gasteiger partial charge in [-0.3, -0.25) is 0 Å². The van der Waals surface area contributed by atoms with Gasteiger partial charge < -0.3 is 4.74 Å². The number of alkyl halides is 2. The van der Waals surface area contributed by atoms with Crippen LogP contribution in [-0.2, 0) is 4.74 Å². The van der Waals surface area contributed by atoms with E-state index in [1.165, 1.54) is 12.8 Å². The minimum absolute atomic E-state index is 0.260.